The summed E-state index contributed by atoms with van der Waals surface area (Å²) < 4.78 is 6.69. The zero-order chi connectivity index (χ0) is 15.7. The van der Waals surface area contributed by atoms with E-state index in [0.717, 1.165) is 16.6 Å². The van der Waals surface area contributed by atoms with Crippen LogP contribution in [0.2, 0.25) is 0 Å². The number of anilines is 1. The van der Waals surface area contributed by atoms with Gasteiger partial charge in [0.05, 0.1) is 18.2 Å². The summed E-state index contributed by atoms with van der Waals surface area (Å²) in [6, 6.07) is 7.83. The van der Waals surface area contributed by atoms with E-state index in [2.05, 4.69) is 15.1 Å². The number of methoxy groups -OCH3 is 1. The van der Waals surface area contributed by atoms with Crippen molar-refractivity contribution in [2.24, 2.45) is 0 Å². The van der Waals surface area contributed by atoms with E-state index in [-0.39, 0.29) is 6.61 Å². The van der Waals surface area contributed by atoms with Crippen molar-refractivity contribution in [1.29, 1.82) is 0 Å². The molecule has 0 aliphatic carbocycles. The van der Waals surface area contributed by atoms with E-state index in [1.165, 1.54) is 0 Å². The Labute approximate surface area is 128 Å². The molecule has 0 unspecified atom stereocenters. The highest BCUT2D eigenvalue weighted by molar-refractivity contribution is 5.92. The lowest BCUT2D eigenvalue weighted by Crippen LogP contribution is -2.33. The van der Waals surface area contributed by atoms with Crippen molar-refractivity contribution in [2.45, 2.75) is 13.0 Å². The molecule has 1 atom stereocenters. The fourth-order valence-electron chi connectivity index (χ4n) is 2.53. The third kappa shape index (κ3) is 2.60. The molecule has 0 aliphatic rings. The van der Waals surface area contributed by atoms with Crippen LogP contribution in [0.3, 0.4) is 0 Å². The van der Waals surface area contributed by atoms with E-state index in [9.17, 15) is 5.11 Å². The van der Waals surface area contributed by atoms with Crippen molar-refractivity contribution in [3.63, 3.8) is 0 Å². The number of fused-ring (bicyclic) bond motifs is 3. The van der Waals surface area contributed by atoms with Crippen molar-refractivity contribution in [2.75, 3.05) is 32.2 Å². The SMILES string of the molecule is COC[C@@H](O)CN(C)c1nc2ccccc2c2nc(C)nn12. The normalized spacial score (nSPS) is 12.9. The van der Waals surface area contributed by atoms with Crippen LogP contribution in [0.1, 0.15) is 5.82 Å². The van der Waals surface area contributed by atoms with Crippen LogP contribution >= 0.6 is 0 Å². The van der Waals surface area contributed by atoms with Gasteiger partial charge in [-0.3, -0.25) is 0 Å². The Morgan fingerprint density at radius 2 is 2.09 bits per heavy atom. The first-order valence-electron chi connectivity index (χ1n) is 7.10. The van der Waals surface area contributed by atoms with E-state index in [1.54, 1.807) is 11.6 Å². The van der Waals surface area contributed by atoms with Crippen molar-refractivity contribution in [3.8, 4) is 0 Å². The Balaban J connectivity index is 2.10. The van der Waals surface area contributed by atoms with Gasteiger partial charge < -0.3 is 14.7 Å². The summed E-state index contributed by atoms with van der Waals surface area (Å²) in [6.07, 6.45) is -0.595. The molecular weight excluding hydrogens is 282 g/mol. The number of benzene rings is 1. The highest BCUT2D eigenvalue weighted by atomic mass is 16.5. The molecule has 0 saturated carbocycles. The van der Waals surface area contributed by atoms with E-state index >= 15 is 0 Å². The van der Waals surface area contributed by atoms with Gasteiger partial charge in [0.25, 0.3) is 0 Å². The van der Waals surface area contributed by atoms with Gasteiger partial charge in [-0.2, -0.15) is 4.52 Å². The second-order valence-corrected chi connectivity index (χ2v) is 5.31. The average molecular weight is 301 g/mol. The molecular formula is C15H19N5O2. The summed E-state index contributed by atoms with van der Waals surface area (Å²) in [7, 11) is 3.43. The monoisotopic (exact) mass is 301 g/mol. The average Bonchev–Trinajstić information content (AvgIpc) is 2.88. The largest absolute Gasteiger partial charge is 0.389 e. The number of rotatable bonds is 5. The van der Waals surface area contributed by atoms with Crippen LogP contribution in [0, 0.1) is 6.92 Å². The van der Waals surface area contributed by atoms with Gasteiger partial charge in [-0.15, -0.1) is 5.10 Å². The second kappa shape index (κ2) is 5.86. The van der Waals surface area contributed by atoms with Gasteiger partial charge in [0.1, 0.15) is 5.82 Å². The number of aliphatic hydroxyl groups is 1. The van der Waals surface area contributed by atoms with Crippen LogP contribution in [0.4, 0.5) is 5.95 Å². The standard InChI is InChI=1S/C15H19N5O2/c1-10-16-14-12-6-4-5-7-13(12)17-15(20(14)18-10)19(2)8-11(21)9-22-3/h4-7,11,21H,8-9H2,1-3H3/t11-/m0/s1. The van der Waals surface area contributed by atoms with Gasteiger partial charge in [0, 0.05) is 26.1 Å². The minimum absolute atomic E-state index is 0.275. The molecule has 0 saturated heterocycles. The predicted molar refractivity (Wildman–Crippen MR) is 84.2 cm³/mol. The first-order valence-corrected chi connectivity index (χ1v) is 7.10. The maximum atomic E-state index is 9.93. The molecule has 3 aromatic rings. The topological polar surface area (TPSA) is 75.8 Å². The van der Waals surface area contributed by atoms with Crippen molar-refractivity contribution >= 4 is 22.5 Å². The smallest absolute Gasteiger partial charge is 0.229 e. The number of aryl methyl sites for hydroxylation is 1. The van der Waals surface area contributed by atoms with E-state index in [1.807, 2.05) is 43.1 Å². The van der Waals surface area contributed by atoms with Gasteiger partial charge in [-0.05, 0) is 19.1 Å². The lowest BCUT2D eigenvalue weighted by atomic mass is 10.2. The van der Waals surface area contributed by atoms with Gasteiger partial charge in [0.2, 0.25) is 5.95 Å². The van der Waals surface area contributed by atoms with Gasteiger partial charge in [-0.1, -0.05) is 12.1 Å². The number of hydrogen-bond acceptors (Lipinski definition) is 6. The fourth-order valence-corrected chi connectivity index (χ4v) is 2.53. The Kier molecular flexibility index (Phi) is 3.91. The summed E-state index contributed by atoms with van der Waals surface area (Å²) in [6.45, 7) is 2.52. The summed E-state index contributed by atoms with van der Waals surface area (Å²) in [5, 5.41) is 15.3. The molecule has 0 radical (unpaired) electrons. The van der Waals surface area contributed by atoms with Crippen LogP contribution in [-0.2, 0) is 4.74 Å². The summed E-state index contributed by atoms with van der Waals surface area (Å²) >= 11 is 0. The van der Waals surface area contributed by atoms with Crippen LogP contribution in [0.15, 0.2) is 24.3 Å². The number of para-hydroxylation sites is 1. The maximum absolute atomic E-state index is 9.93. The molecule has 2 heterocycles. The molecule has 1 N–H and O–H groups in total. The van der Waals surface area contributed by atoms with Crippen LogP contribution in [0.5, 0.6) is 0 Å². The Hall–Kier alpha value is -2.25. The van der Waals surface area contributed by atoms with Gasteiger partial charge in [0.15, 0.2) is 5.65 Å². The zero-order valence-electron chi connectivity index (χ0n) is 12.9. The molecule has 7 heteroatoms. The first-order chi connectivity index (χ1) is 10.6. The van der Waals surface area contributed by atoms with E-state index < -0.39 is 6.10 Å². The fraction of sp³-hybridized carbons (Fsp3) is 0.400. The summed E-state index contributed by atoms with van der Waals surface area (Å²) in [5.74, 6) is 1.33. The molecule has 2 aromatic heterocycles. The molecule has 1 aromatic carbocycles. The molecule has 0 bridgehead atoms. The van der Waals surface area contributed by atoms with Crippen LogP contribution in [0.25, 0.3) is 16.6 Å². The molecule has 22 heavy (non-hydrogen) atoms. The molecule has 0 amide bonds. The lowest BCUT2D eigenvalue weighted by Gasteiger charge is -2.22. The zero-order valence-corrected chi connectivity index (χ0v) is 12.9. The number of nitrogens with zero attached hydrogens (tertiary/aromatic N) is 5. The molecule has 0 aliphatic heterocycles. The molecule has 0 fully saturated rings. The van der Waals surface area contributed by atoms with Gasteiger partial charge in [-0.25, -0.2) is 9.97 Å². The van der Waals surface area contributed by atoms with Crippen LogP contribution in [-0.4, -0.2) is 58.1 Å². The highest BCUT2D eigenvalue weighted by Crippen LogP contribution is 2.22. The second-order valence-electron chi connectivity index (χ2n) is 5.31. The molecule has 116 valence electrons. The third-order valence-corrected chi connectivity index (χ3v) is 3.45. The quantitative estimate of drug-likeness (QED) is 0.758. The maximum Gasteiger partial charge on any atom is 0.229 e. The predicted octanol–water partition coefficient (Wildman–Crippen LogP) is 1.03. The highest BCUT2D eigenvalue weighted by Gasteiger charge is 2.17. The van der Waals surface area contributed by atoms with Crippen LogP contribution < -0.4 is 4.90 Å². The number of likely N-dealkylation sites (N-methyl/N-ethyl adjacent to an activating group) is 1. The first kappa shape index (κ1) is 14.7. The number of aromatic nitrogens is 4. The van der Waals surface area contributed by atoms with E-state index in [0.29, 0.717) is 18.3 Å². The number of ether oxygens (including phenoxy) is 1. The summed E-state index contributed by atoms with van der Waals surface area (Å²) in [5.41, 5.74) is 1.62. The lowest BCUT2D eigenvalue weighted by molar-refractivity contribution is 0.0693. The van der Waals surface area contributed by atoms with Crippen molar-refractivity contribution < 1.29 is 9.84 Å². The van der Waals surface area contributed by atoms with Crippen molar-refractivity contribution in [3.05, 3.63) is 30.1 Å². The molecule has 0 spiro atoms. The minimum atomic E-state index is -0.595. The number of hydrogen-bond donors (Lipinski definition) is 1. The van der Waals surface area contributed by atoms with Gasteiger partial charge >= 0.3 is 0 Å². The minimum Gasteiger partial charge on any atom is -0.389 e. The number of aliphatic hydroxyl groups excluding tert-OH is 1. The van der Waals surface area contributed by atoms with Crippen molar-refractivity contribution in [1.82, 2.24) is 19.6 Å². The summed E-state index contributed by atoms with van der Waals surface area (Å²) in [4.78, 5) is 11.0. The Morgan fingerprint density at radius 3 is 2.86 bits per heavy atom. The third-order valence-electron chi connectivity index (χ3n) is 3.45. The molecule has 3 rings (SSSR count). The Bertz CT molecular complexity index is 801. The Morgan fingerprint density at radius 1 is 1.32 bits per heavy atom. The molecule has 7 nitrogen and oxygen atoms in total. The van der Waals surface area contributed by atoms with E-state index in [4.69, 9.17) is 4.74 Å².